The first kappa shape index (κ1) is 19.8. The highest BCUT2D eigenvalue weighted by Crippen LogP contribution is 2.40. The van der Waals surface area contributed by atoms with E-state index in [0.29, 0.717) is 0 Å². The van der Waals surface area contributed by atoms with Crippen LogP contribution in [0.15, 0.2) is 115 Å². The van der Waals surface area contributed by atoms with Crippen LogP contribution in [0.5, 0.6) is 0 Å². The third-order valence-corrected chi connectivity index (χ3v) is 5.33. The van der Waals surface area contributed by atoms with Crippen molar-refractivity contribution in [2.45, 2.75) is 0 Å². The van der Waals surface area contributed by atoms with Gasteiger partial charge in [0, 0.05) is 16.9 Å². The Hall–Kier alpha value is -4.18. The van der Waals surface area contributed by atoms with Crippen molar-refractivity contribution in [2.24, 2.45) is 0 Å². The summed E-state index contributed by atoms with van der Waals surface area (Å²) in [6.45, 7) is 0. The summed E-state index contributed by atoms with van der Waals surface area (Å²) in [5.41, 5.74) is 6.41. The molecule has 5 rings (SSSR count). The van der Waals surface area contributed by atoms with Crippen LogP contribution >= 0.6 is 0 Å². The highest BCUT2D eigenvalue weighted by molar-refractivity contribution is 5.86. The van der Waals surface area contributed by atoms with Crippen molar-refractivity contribution in [1.29, 1.82) is 0 Å². The van der Waals surface area contributed by atoms with Gasteiger partial charge in [-0.05, 0) is 60.2 Å². The molecule has 2 nitrogen and oxygen atoms in total. The van der Waals surface area contributed by atoms with Gasteiger partial charge in [0.1, 0.15) is 11.6 Å². The fourth-order valence-electron chi connectivity index (χ4n) is 3.85. The Labute approximate surface area is 185 Å². The number of anilines is 2. The van der Waals surface area contributed by atoms with E-state index in [2.05, 4.69) is 16.0 Å². The van der Waals surface area contributed by atoms with Gasteiger partial charge in [0.2, 0.25) is 0 Å². The number of halogens is 2. The minimum Gasteiger partial charge on any atom is -0.354 e. The summed E-state index contributed by atoms with van der Waals surface area (Å²) in [5.74, 6) is -0.569. The van der Waals surface area contributed by atoms with Crippen molar-refractivity contribution in [3.05, 3.63) is 127 Å². The molecule has 1 heterocycles. The summed E-state index contributed by atoms with van der Waals surface area (Å²) in [6.07, 6.45) is 0. The standard InChI is InChI=1S/C28H20F2N2/c29-22-11-15-24(16-12-22)31-26-19-27(20-7-3-1-4-8-20)32(25-17-13-23(30)14-18-25)28(26)21-9-5-2-6-10-21/h1-19,31H. The van der Waals surface area contributed by atoms with Gasteiger partial charge in [0.05, 0.1) is 17.1 Å². The van der Waals surface area contributed by atoms with Crippen LogP contribution in [0.1, 0.15) is 0 Å². The molecule has 0 unspecified atom stereocenters. The predicted molar refractivity (Wildman–Crippen MR) is 126 cm³/mol. The quantitative estimate of drug-likeness (QED) is 0.305. The molecule has 4 aromatic carbocycles. The normalized spacial score (nSPS) is 10.8. The Balaban J connectivity index is 1.78. The van der Waals surface area contributed by atoms with Crippen LogP contribution in [0, 0.1) is 11.6 Å². The van der Waals surface area contributed by atoms with Crippen molar-refractivity contribution >= 4 is 11.4 Å². The van der Waals surface area contributed by atoms with Crippen molar-refractivity contribution in [2.75, 3.05) is 5.32 Å². The average molecular weight is 422 g/mol. The van der Waals surface area contributed by atoms with Gasteiger partial charge in [-0.2, -0.15) is 0 Å². The molecule has 0 atom stereocenters. The molecule has 1 N–H and O–H groups in total. The first-order chi connectivity index (χ1) is 15.7. The third kappa shape index (κ3) is 3.91. The van der Waals surface area contributed by atoms with E-state index >= 15 is 0 Å². The highest BCUT2D eigenvalue weighted by Gasteiger charge is 2.19. The molecule has 0 saturated carbocycles. The minimum atomic E-state index is -0.285. The molecule has 1 aromatic heterocycles. The summed E-state index contributed by atoms with van der Waals surface area (Å²) in [7, 11) is 0. The summed E-state index contributed by atoms with van der Waals surface area (Å²) >= 11 is 0. The lowest BCUT2D eigenvalue weighted by Gasteiger charge is -2.16. The Kier molecular flexibility index (Phi) is 5.26. The maximum atomic E-state index is 13.7. The van der Waals surface area contributed by atoms with Gasteiger partial charge in [-0.15, -0.1) is 0 Å². The molecule has 0 bridgehead atoms. The molecule has 0 saturated heterocycles. The van der Waals surface area contributed by atoms with Crippen LogP contribution < -0.4 is 5.32 Å². The fourth-order valence-corrected chi connectivity index (χ4v) is 3.85. The molecule has 5 aromatic rings. The number of hydrogen-bond acceptors (Lipinski definition) is 1. The van der Waals surface area contributed by atoms with Gasteiger partial charge in [0.15, 0.2) is 0 Å². The molecule has 0 amide bonds. The molecule has 0 radical (unpaired) electrons. The topological polar surface area (TPSA) is 17.0 Å². The van der Waals surface area contributed by atoms with Crippen molar-refractivity contribution < 1.29 is 8.78 Å². The Morgan fingerprint density at radius 2 is 1.09 bits per heavy atom. The van der Waals surface area contributed by atoms with E-state index in [9.17, 15) is 8.78 Å². The van der Waals surface area contributed by atoms with E-state index in [0.717, 1.165) is 39.6 Å². The average Bonchev–Trinajstić information content (AvgIpc) is 3.21. The van der Waals surface area contributed by atoms with Crippen LogP contribution in [0.25, 0.3) is 28.2 Å². The summed E-state index contributed by atoms with van der Waals surface area (Å²) < 4.78 is 29.3. The van der Waals surface area contributed by atoms with Crippen LogP contribution in [-0.2, 0) is 0 Å². The largest absolute Gasteiger partial charge is 0.354 e. The molecule has 0 aliphatic carbocycles. The number of rotatable bonds is 5. The first-order valence-electron chi connectivity index (χ1n) is 10.3. The molecule has 0 aliphatic heterocycles. The van der Waals surface area contributed by atoms with E-state index in [1.807, 2.05) is 60.7 Å². The molecule has 0 spiro atoms. The molecule has 32 heavy (non-hydrogen) atoms. The first-order valence-corrected chi connectivity index (χ1v) is 10.3. The van der Waals surface area contributed by atoms with Gasteiger partial charge in [-0.25, -0.2) is 8.78 Å². The molecule has 156 valence electrons. The van der Waals surface area contributed by atoms with Crippen molar-refractivity contribution in [3.63, 3.8) is 0 Å². The van der Waals surface area contributed by atoms with Gasteiger partial charge in [-0.1, -0.05) is 60.7 Å². The van der Waals surface area contributed by atoms with Gasteiger partial charge in [-0.3, -0.25) is 0 Å². The number of aromatic nitrogens is 1. The molecular formula is C28H20F2N2. The van der Waals surface area contributed by atoms with E-state index in [1.54, 1.807) is 24.3 Å². The smallest absolute Gasteiger partial charge is 0.123 e. The van der Waals surface area contributed by atoms with E-state index in [4.69, 9.17) is 0 Å². The zero-order valence-corrected chi connectivity index (χ0v) is 17.2. The molecule has 0 fully saturated rings. The lowest BCUT2D eigenvalue weighted by atomic mass is 10.1. The highest BCUT2D eigenvalue weighted by atomic mass is 19.1. The lowest BCUT2D eigenvalue weighted by molar-refractivity contribution is 0.627. The predicted octanol–water partition coefficient (Wildman–Crippen LogP) is 7.83. The Morgan fingerprint density at radius 3 is 1.69 bits per heavy atom. The number of benzene rings is 4. The van der Waals surface area contributed by atoms with E-state index in [1.165, 1.54) is 24.3 Å². The van der Waals surface area contributed by atoms with E-state index < -0.39 is 0 Å². The summed E-state index contributed by atoms with van der Waals surface area (Å²) in [4.78, 5) is 0. The zero-order valence-electron chi connectivity index (χ0n) is 17.2. The minimum absolute atomic E-state index is 0.284. The summed E-state index contributed by atoms with van der Waals surface area (Å²) in [5, 5.41) is 3.45. The molecule has 4 heteroatoms. The second kappa shape index (κ2) is 8.52. The number of nitrogens with one attached hydrogen (secondary N) is 1. The Morgan fingerprint density at radius 1 is 0.562 bits per heavy atom. The van der Waals surface area contributed by atoms with Gasteiger partial charge < -0.3 is 9.88 Å². The monoisotopic (exact) mass is 422 g/mol. The fraction of sp³-hybridized carbons (Fsp3) is 0. The lowest BCUT2D eigenvalue weighted by Crippen LogP contribution is -2.01. The summed E-state index contributed by atoms with van der Waals surface area (Å²) in [6, 6.07) is 34.9. The van der Waals surface area contributed by atoms with Crippen LogP contribution in [0.4, 0.5) is 20.2 Å². The maximum Gasteiger partial charge on any atom is 0.123 e. The second-order valence-corrected chi connectivity index (χ2v) is 7.47. The molecule has 0 aliphatic rings. The van der Waals surface area contributed by atoms with Crippen LogP contribution in [-0.4, -0.2) is 4.57 Å². The molecular weight excluding hydrogens is 402 g/mol. The number of hydrogen-bond donors (Lipinski definition) is 1. The maximum absolute atomic E-state index is 13.7. The Bertz CT molecular complexity index is 1320. The van der Waals surface area contributed by atoms with Crippen LogP contribution in [0.2, 0.25) is 0 Å². The SMILES string of the molecule is Fc1ccc(Nc2cc(-c3ccccc3)n(-c3ccc(F)cc3)c2-c2ccccc2)cc1. The second-order valence-electron chi connectivity index (χ2n) is 7.47. The third-order valence-electron chi connectivity index (χ3n) is 5.33. The van der Waals surface area contributed by atoms with Crippen molar-refractivity contribution in [3.8, 4) is 28.2 Å². The van der Waals surface area contributed by atoms with Gasteiger partial charge >= 0.3 is 0 Å². The zero-order chi connectivity index (χ0) is 21.9. The van der Waals surface area contributed by atoms with E-state index in [-0.39, 0.29) is 11.6 Å². The van der Waals surface area contributed by atoms with Gasteiger partial charge in [0.25, 0.3) is 0 Å². The van der Waals surface area contributed by atoms with Crippen LogP contribution in [0.3, 0.4) is 0 Å². The number of nitrogens with zero attached hydrogens (tertiary/aromatic N) is 1. The van der Waals surface area contributed by atoms with Crippen molar-refractivity contribution in [1.82, 2.24) is 4.57 Å².